The van der Waals surface area contributed by atoms with Crippen LogP contribution in [-0.2, 0) is 14.3 Å². The van der Waals surface area contributed by atoms with Gasteiger partial charge >= 0.3 is 0 Å². The molecule has 1 rings (SSSR count). The Morgan fingerprint density at radius 2 is 0.877 bits per heavy atom. The van der Waals surface area contributed by atoms with Crippen molar-refractivity contribution in [1.82, 2.24) is 5.32 Å². The Morgan fingerprint density at radius 1 is 0.526 bits per heavy atom. The van der Waals surface area contributed by atoms with Crippen LogP contribution < -0.4 is 5.32 Å². The van der Waals surface area contributed by atoms with Gasteiger partial charge in [-0.25, -0.2) is 0 Å². The number of ether oxygens (including phenoxy) is 2. The normalized spacial score (nSPS) is 20.9. The lowest BCUT2D eigenvalue weighted by Crippen LogP contribution is -2.60. The summed E-state index contributed by atoms with van der Waals surface area (Å²) in [7, 11) is 0. The molecular weight excluding hydrogens is 719 g/mol. The number of hydrogen-bond donors (Lipinski definition) is 6. The molecule has 7 atom stereocenters. The molecule has 1 aliphatic rings. The molecule has 1 saturated heterocycles. The molecule has 0 radical (unpaired) electrons. The van der Waals surface area contributed by atoms with Crippen molar-refractivity contribution in [2.24, 2.45) is 0 Å². The molecule has 0 aliphatic carbocycles. The second kappa shape index (κ2) is 39.3. The molecule has 57 heavy (non-hydrogen) atoms. The van der Waals surface area contributed by atoms with Crippen LogP contribution in [0.25, 0.3) is 0 Å². The van der Waals surface area contributed by atoms with Crippen molar-refractivity contribution in [3.05, 3.63) is 0 Å². The first-order valence-corrected chi connectivity index (χ1v) is 24.7. The Hall–Kier alpha value is -0.810. The van der Waals surface area contributed by atoms with Gasteiger partial charge in [0.15, 0.2) is 6.29 Å². The minimum Gasteiger partial charge on any atom is -0.394 e. The van der Waals surface area contributed by atoms with E-state index in [2.05, 4.69) is 19.2 Å². The molecule has 0 saturated carbocycles. The van der Waals surface area contributed by atoms with E-state index in [4.69, 9.17) is 9.47 Å². The van der Waals surface area contributed by atoms with E-state index >= 15 is 0 Å². The Kier molecular flexibility index (Phi) is 37.4. The first-order chi connectivity index (χ1) is 27.8. The van der Waals surface area contributed by atoms with Crippen molar-refractivity contribution in [3.8, 4) is 0 Å². The lowest BCUT2D eigenvalue weighted by molar-refractivity contribution is -0.302. The summed E-state index contributed by atoms with van der Waals surface area (Å²) in [6, 6.07) is -0.711. The molecule has 9 nitrogen and oxygen atoms in total. The molecule has 0 spiro atoms. The lowest BCUT2D eigenvalue weighted by atomic mass is 9.99. The fourth-order valence-electron chi connectivity index (χ4n) is 8.22. The van der Waals surface area contributed by atoms with E-state index in [9.17, 15) is 30.3 Å². The van der Waals surface area contributed by atoms with Gasteiger partial charge in [0.05, 0.1) is 25.4 Å². The van der Waals surface area contributed by atoms with Crippen LogP contribution in [0.1, 0.15) is 245 Å². The minimum absolute atomic E-state index is 0.132. The van der Waals surface area contributed by atoms with E-state index in [1.807, 2.05) is 0 Å². The summed E-state index contributed by atoms with van der Waals surface area (Å²) in [4.78, 5) is 13.0. The summed E-state index contributed by atoms with van der Waals surface area (Å²) in [6.07, 6.45) is 36.8. The Labute approximate surface area is 351 Å². The highest BCUT2D eigenvalue weighted by Crippen LogP contribution is 2.23. The largest absolute Gasteiger partial charge is 0.394 e. The first-order valence-electron chi connectivity index (χ1n) is 24.7. The standard InChI is InChI=1S/C48H95NO8/c1-3-5-7-9-11-13-15-17-18-19-20-21-22-23-24-26-28-30-32-34-36-38-44(52)49-41(40-56-48-47(55)46(54)45(53)43(39-50)57-48)42(51)37-35-33-31-29-27-25-16-14-12-10-8-6-4-2/h41-43,45-48,50-51,53-55H,3-40H2,1-2H3,(H,49,52)/t41-,42+,43-,45-,46+,47-,48-/m1/s1. The molecule has 1 fully saturated rings. The molecule has 1 heterocycles. The number of aliphatic hydroxyl groups excluding tert-OH is 5. The van der Waals surface area contributed by atoms with Gasteiger partial charge in [-0.15, -0.1) is 0 Å². The molecule has 9 heteroatoms. The highest BCUT2D eigenvalue weighted by atomic mass is 16.7. The van der Waals surface area contributed by atoms with Crippen molar-refractivity contribution in [2.45, 2.75) is 288 Å². The SMILES string of the molecule is CCCCCCCCCCCCCCCCCCCCCCCC(=O)N[C@H](CO[C@@H]1O[C@H](CO)[C@@H](O)[C@H](O)[C@H]1O)[C@@H](O)CCCCCCCCCCCCCCC. The second-order valence-corrected chi connectivity index (χ2v) is 17.6. The number of unbranched alkanes of at least 4 members (excludes halogenated alkanes) is 32. The van der Waals surface area contributed by atoms with E-state index in [1.54, 1.807) is 0 Å². The van der Waals surface area contributed by atoms with E-state index in [0.717, 1.165) is 38.5 Å². The number of aliphatic hydroxyl groups is 5. The molecular formula is C48H95NO8. The third-order valence-electron chi connectivity index (χ3n) is 12.2. The van der Waals surface area contributed by atoms with Crippen molar-refractivity contribution in [1.29, 1.82) is 0 Å². The quantitative estimate of drug-likeness (QED) is 0.0334. The zero-order valence-electron chi connectivity index (χ0n) is 37.4. The monoisotopic (exact) mass is 814 g/mol. The minimum atomic E-state index is -1.55. The highest BCUT2D eigenvalue weighted by Gasteiger charge is 2.44. The Morgan fingerprint density at radius 3 is 1.25 bits per heavy atom. The molecule has 0 aromatic carbocycles. The van der Waals surface area contributed by atoms with Gasteiger partial charge in [-0.1, -0.05) is 226 Å². The topological polar surface area (TPSA) is 149 Å². The third kappa shape index (κ3) is 30.0. The number of amides is 1. The maximum Gasteiger partial charge on any atom is 0.220 e. The maximum absolute atomic E-state index is 13.0. The third-order valence-corrected chi connectivity index (χ3v) is 12.2. The summed E-state index contributed by atoms with van der Waals surface area (Å²) in [5, 5.41) is 54.4. The number of carbonyl (C=O) groups is 1. The summed E-state index contributed by atoms with van der Waals surface area (Å²) >= 11 is 0. The molecule has 6 N–H and O–H groups in total. The van der Waals surface area contributed by atoms with Crippen LogP contribution in [0.2, 0.25) is 0 Å². The van der Waals surface area contributed by atoms with E-state index in [-0.39, 0.29) is 12.5 Å². The molecule has 0 aromatic heterocycles. The maximum atomic E-state index is 13.0. The zero-order chi connectivity index (χ0) is 41.6. The van der Waals surface area contributed by atoms with E-state index in [0.29, 0.717) is 12.8 Å². The average molecular weight is 814 g/mol. The number of carbonyl (C=O) groups excluding carboxylic acids is 1. The smallest absolute Gasteiger partial charge is 0.220 e. The fraction of sp³-hybridized carbons (Fsp3) is 0.979. The van der Waals surface area contributed by atoms with Crippen LogP contribution in [0.3, 0.4) is 0 Å². The van der Waals surface area contributed by atoms with Crippen LogP contribution in [-0.4, -0.2) is 87.5 Å². The Balaban J connectivity index is 2.24. The van der Waals surface area contributed by atoms with Gasteiger partial charge in [0.25, 0.3) is 0 Å². The van der Waals surface area contributed by atoms with Gasteiger partial charge in [-0.3, -0.25) is 4.79 Å². The number of nitrogens with one attached hydrogen (secondary N) is 1. The van der Waals surface area contributed by atoms with Crippen LogP contribution in [0.5, 0.6) is 0 Å². The molecule has 0 unspecified atom stereocenters. The van der Waals surface area contributed by atoms with Crippen molar-refractivity contribution in [3.63, 3.8) is 0 Å². The van der Waals surface area contributed by atoms with Crippen molar-refractivity contribution < 1.29 is 39.8 Å². The van der Waals surface area contributed by atoms with Crippen LogP contribution in [0.15, 0.2) is 0 Å². The summed E-state index contributed by atoms with van der Waals surface area (Å²) in [6.45, 7) is 3.85. The zero-order valence-corrected chi connectivity index (χ0v) is 37.4. The second-order valence-electron chi connectivity index (χ2n) is 17.6. The van der Waals surface area contributed by atoms with Gasteiger partial charge < -0.3 is 40.3 Å². The van der Waals surface area contributed by atoms with Gasteiger partial charge in [-0.05, 0) is 12.8 Å². The van der Waals surface area contributed by atoms with Gasteiger partial charge in [0.2, 0.25) is 5.91 Å². The summed E-state index contributed by atoms with van der Waals surface area (Å²) in [5.41, 5.74) is 0. The molecule has 1 aliphatic heterocycles. The molecule has 0 bridgehead atoms. The summed E-state index contributed by atoms with van der Waals surface area (Å²) in [5.74, 6) is -0.139. The van der Waals surface area contributed by atoms with Gasteiger partial charge in [0.1, 0.15) is 24.4 Å². The predicted molar refractivity (Wildman–Crippen MR) is 235 cm³/mol. The van der Waals surface area contributed by atoms with Crippen molar-refractivity contribution >= 4 is 5.91 Å². The predicted octanol–water partition coefficient (Wildman–Crippen LogP) is 10.7. The fourth-order valence-corrected chi connectivity index (χ4v) is 8.22. The lowest BCUT2D eigenvalue weighted by Gasteiger charge is -2.40. The van der Waals surface area contributed by atoms with E-state index in [1.165, 1.54) is 180 Å². The number of rotatable bonds is 42. The summed E-state index contributed by atoms with van der Waals surface area (Å²) < 4.78 is 11.3. The first kappa shape index (κ1) is 54.2. The highest BCUT2D eigenvalue weighted by molar-refractivity contribution is 5.76. The Bertz CT molecular complexity index is 862. The van der Waals surface area contributed by atoms with Crippen LogP contribution in [0.4, 0.5) is 0 Å². The molecule has 340 valence electrons. The van der Waals surface area contributed by atoms with Gasteiger partial charge in [0, 0.05) is 6.42 Å². The van der Waals surface area contributed by atoms with E-state index < -0.39 is 49.5 Å². The molecule has 1 amide bonds. The van der Waals surface area contributed by atoms with Crippen LogP contribution >= 0.6 is 0 Å². The van der Waals surface area contributed by atoms with Gasteiger partial charge in [-0.2, -0.15) is 0 Å². The number of hydrogen-bond acceptors (Lipinski definition) is 8. The van der Waals surface area contributed by atoms with Crippen LogP contribution in [0, 0.1) is 0 Å². The average Bonchev–Trinajstić information content (AvgIpc) is 3.21. The van der Waals surface area contributed by atoms with Crippen molar-refractivity contribution in [2.75, 3.05) is 13.2 Å². The molecule has 0 aromatic rings.